The van der Waals surface area contributed by atoms with E-state index in [1.807, 2.05) is 32.2 Å². The molecule has 0 aromatic carbocycles. The van der Waals surface area contributed by atoms with E-state index < -0.39 is 0 Å². The van der Waals surface area contributed by atoms with Crippen LogP contribution in [0.5, 0.6) is 5.75 Å². The van der Waals surface area contributed by atoms with Crippen LogP contribution in [0.15, 0.2) is 18.3 Å². The molecule has 1 fully saturated rings. The minimum absolute atomic E-state index is 0.173. The third kappa shape index (κ3) is 3.75. The molecule has 1 aromatic rings. The van der Waals surface area contributed by atoms with Crippen LogP contribution in [0, 0.1) is 0 Å². The summed E-state index contributed by atoms with van der Waals surface area (Å²) in [6.07, 6.45) is 6.68. The van der Waals surface area contributed by atoms with E-state index in [2.05, 4.69) is 9.88 Å². The van der Waals surface area contributed by atoms with Gasteiger partial charge in [-0.25, -0.2) is 4.98 Å². The van der Waals surface area contributed by atoms with E-state index >= 15 is 0 Å². The van der Waals surface area contributed by atoms with Gasteiger partial charge in [-0.05, 0) is 51.7 Å². The molecule has 0 amide bonds. The Morgan fingerprint density at radius 2 is 2.37 bits per heavy atom. The summed E-state index contributed by atoms with van der Waals surface area (Å²) in [6.45, 7) is 5.16. The third-order valence-corrected chi connectivity index (χ3v) is 3.70. The lowest BCUT2D eigenvalue weighted by molar-refractivity contribution is 0.241. The molecule has 1 atom stereocenters. The van der Waals surface area contributed by atoms with E-state index in [4.69, 9.17) is 16.3 Å². The van der Waals surface area contributed by atoms with E-state index in [1.54, 1.807) is 0 Å². The molecule has 1 saturated heterocycles. The molecule has 3 nitrogen and oxygen atoms in total. The second kappa shape index (κ2) is 6.99. The maximum atomic E-state index is 5.88. The number of nitrogens with zero attached hydrogens (tertiary/aromatic N) is 2. The first kappa shape index (κ1) is 14.4. The molecule has 0 spiro atoms. The summed E-state index contributed by atoms with van der Waals surface area (Å²) in [6, 6.07) is 4.51. The van der Waals surface area contributed by atoms with Crippen molar-refractivity contribution in [3.63, 3.8) is 0 Å². The SMILES string of the molecule is CC(C)Oc1cccnc1N1CCCC1CCCCl. The standard InChI is InChI=1S/C15H23ClN2O/c1-12(2)19-14-8-4-10-17-15(14)18-11-5-7-13(18)6-3-9-16/h4,8,10,12-13H,3,5-7,9,11H2,1-2H3. The predicted molar refractivity (Wildman–Crippen MR) is 80.3 cm³/mol. The second-order valence-electron chi connectivity index (χ2n) is 5.31. The number of rotatable bonds is 6. The Labute approximate surface area is 120 Å². The number of hydrogen-bond donors (Lipinski definition) is 0. The third-order valence-electron chi connectivity index (χ3n) is 3.43. The minimum atomic E-state index is 0.173. The molecule has 0 saturated carbocycles. The summed E-state index contributed by atoms with van der Waals surface area (Å²) >= 11 is 5.81. The van der Waals surface area contributed by atoms with Crippen LogP contribution in [0.2, 0.25) is 0 Å². The Hall–Kier alpha value is -0.960. The number of ether oxygens (including phenoxy) is 1. The van der Waals surface area contributed by atoms with Gasteiger partial charge in [0.1, 0.15) is 0 Å². The van der Waals surface area contributed by atoms with Gasteiger partial charge in [0.25, 0.3) is 0 Å². The van der Waals surface area contributed by atoms with Crippen molar-refractivity contribution in [2.75, 3.05) is 17.3 Å². The molecule has 0 N–H and O–H groups in total. The van der Waals surface area contributed by atoms with Crippen molar-refractivity contribution in [2.24, 2.45) is 0 Å². The van der Waals surface area contributed by atoms with E-state index in [0.29, 0.717) is 6.04 Å². The van der Waals surface area contributed by atoms with Gasteiger partial charge in [0.05, 0.1) is 6.10 Å². The van der Waals surface area contributed by atoms with Crippen molar-refractivity contribution in [3.05, 3.63) is 18.3 Å². The molecule has 1 aromatic heterocycles. The Kier molecular flexibility index (Phi) is 5.32. The summed E-state index contributed by atoms with van der Waals surface area (Å²) in [5.41, 5.74) is 0. The monoisotopic (exact) mass is 282 g/mol. The van der Waals surface area contributed by atoms with Crippen molar-refractivity contribution in [3.8, 4) is 5.75 Å². The van der Waals surface area contributed by atoms with Gasteiger partial charge >= 0.3 is 0 Å². The number of halogens is 1. The Balaban J connectivity index is 2.15. The predicted octanol–water partition coefficient (Wildman–Crippen LogP) is 3.86. The smallest absolute Gasteiger partial charge is 0.171 e. The molecule has 1 aliphatic rings. The molecule has 106 valence electrons. The van der Waals surface area contributed by atoms with Crippen LogP contribution in [-0.4, -0.2) is 29.6 Å². The van der Waals surface area contributed by atoms with Crippen LogP contribution < -0.4 is 9.64 Å². The average molecular weight is 283 g/mol. The van der Waals surface area contributed by atoms with Crippen LogP contribution in [0.3, 0.4) is 0 Å². The molecule has 1 aliphatic heterocycles. The average Bonchev–Trinajstić information content (AvgIpc) is 2.84. The van der Waals surface area contributed by atoms with Gasteiger partial charge < -0.3 is 9.64 Å². The van der Waals surface area contributed by atoms with E-state index in [1.165, 1.54) is 12.8 Å². The molecular weight excluding hydrogens is 260 g/mol. The summed E-state index contributed by atoms with van der Waals surface area (Å²) in [5.74, 6) is 2.63. The van der Waals surface area contributed by atoms with Crippen LogP contribution in [0.25, 0.3) is 0 Å². The quantitative estimate of drug-likeness (QED) is 0.741. The van der Waals surface area contributed by atoms with Crippen LogP contribution in [0.4, 0.5) is 5.82 Å². The van der Waals surface area contributed by atoms with E-state index in [9.17, 15) is 0 Å². The summed E-state index contributed by atoms with van der Waals surface area (Å²) in [4.78, 5) is 6.93. The van der Waals surface area contributed by atoms with Crippen LogP contribution in [-0.2, 0) is 0 Å². The first-order valence-electron chi connectivity index (χ1n) is 7.16. The fourth-order valence-corrected chi connectivity index (χ4v) is 2.83. The fraction of sp³-hybridized carbons (Fsp3) is 0.667. The molecule has 4 heteroatoms. The van der Waals surface area contributed by atoms with Crippen molar-refractivity contribution in [1.29, 1.82) is 0 Å². The number of hydrogen-bond acceptors (Lipinski definition) is 3. The highest BCUT2D eigenvalue weighted by Crippen LogP contribution is 2.33. The Morgan fingerprint density at radius 1 is 1.53 bits per heavy atom. The fourth-order valence-electron chi connectivity index (χ4n) is 2.67. The van der Waals surface area contributed by atoms with Gasteiger partial charge in [0, 0.05) is 24.7 Å². The summed E-state index contributed by atoms with van der Waals surface area (Å²) in [7, 11) is 0. The molecule has 2 heterocycles. The van der Waals surface area contributed by atoms with Gasteiger partial charge in [-0.3, -0.25) is 0 Å². The van der Waals surface area contributed by atoms with Gasteiger partial charge in [0.2, 0.25) is 0 Å². The number of aromatic nitrogens is 1. The molecule has 0 aliphatic carbocycles. The van der Waals surface area contributed by atoms with Gasteiger partial charge in [0.15, 0.2) is 11.6 Å². The topological polar surface area (TPSA) is 25.4 Å². The minimum Gasteiger partial charge on any atom is -0.487 e. The zero-order valence-electron chi connectivity index (χ0n) is 11.8. The number of pyridine rings is 1. The van der Waals surface area contributed by atoms with Crippen molar-refractivity contribution in [2.45, 2.75) is 51.7 Å². The van der Waals surface area contributed by atoms with Crippen molar-refractivity contribution < 1.29 is 4.74 Å². The zero-order valence-corrected chi connectivity index (χ0v) is 12.6. The van der Waals surface area contributed by atoms with Gasteiger partial charge in [-0.15, -0.1) is 11.6 Å². The molecule has 0 radical (unpaired) electrons. The number of anilines is 1. The highest BCUT2D eigenvalue weighted by atomic mass is 35.5. The van der Waals surface area contributed by atoms with Gasteiger partial charge in [-0.1, -0.05) is 0 Å². The first-order valence-corrected chi connectivity index (χ1v) is 7.70. The normalized spacial score (nSPS) is 19.2. The highest BCUT2D eigenvalue weighted by Gasteiger charge is 2.27. The maximum absolute atomic E-state index is 5.88. The maximum Gasteiger partial charge on any atom is 0.171 e. The molecule has 19 heavy (non-hydrogen) atoms. The first-order chi connectivity index (χ1) is 9.22. The lowest BCUT2D eigenvalue weighted by Crippen LogP contribution is -2.30. The molecule has 2 rings (SSSR count). The lowest BCUT2D eigenvalue weighted by Gasteiger charge is -2.27. The van der Waals surface area contributed by atoms with E-state index in [-0.39, 0.29) is 6.10 Å². The Morgan fingerprint density at radius 3 is 3.11 bits per heavy atom. The summed E-state index contributed by atoms with van der Waals surface area (Å²) < 4.78 is 5.88. The molecule has 1 unspecified atom stereocenters. The molecule has 0 bridgehead atoms. The summed E-state index contributed by atoms with van der Waals surface area (Å²) in [5, 5.41) is 0. The second-order valence-corrected chi connectivity index (χ2v) is 5.69. The van der Waals surface area contributed by atoms with E-state index in [0.717, 1.165) is 36.8 Å². The van der Waals surface area contributed by atoms with Crippen LogP contribution in [0.1, 0.15) is 39.5 Å². The van der Waals surface area contributed by atoms with Crippen LogP contribution >= 0.6 is 11.6 Å². The zero-order chi connectivity index (χ0) is 13.7. The highest BCUT2D eigenvalue weighted by molar-refractivity contribution is 6.17. The van der Waals surface area contributed by atoms with Gasteiger partial charge in [-0.2, -0.15) is 0 Å². The van der Waals surface area contributed by atoms with Crippen molar-refractivity contribution in [1.82, 2.24) is 4.98 Å². The molecular formula is C15H23ClN2O. The Bertz CT molecular complexity index is 397. The van der Waals surface area contributed by atoms with Crippen molar-refractivity contribution >= 4 is 17.4 Å². The lowest BCUT2D eigenvalue weighted by atomic mass is 10.1. The largest absolute Gasteiger partial charge is 0.487 e. The number of alkyl halides is 1.